The largest absolute Gasteiger partial charge is 0.349 e. The van der Waals surface area contributed by atoms with Crippen LogP contribution in [-0.2, 0) is 11.3 Å². The van der Waals surface area contributed by atoms with Gasteiger partial charge in [0.2, 0.25) is 5.91 Å². The van der Waals surface area contributed by atoms with Crippen molar-refractivity contribution < 1.29 is 13.6 Å². The molecule has 0 aliphatic carbocycles. The number of benzene rings is 1. The highest BCUT2D eigenvalue weighted by Gasteiger charge is 2.18. The Labute approximate surface area is 185 Å². The van der Waals surface area contributed by atoms with Crippen molar-refractivity contribution in [2.75, 3.05) is 29.1 Å². The molecule has 3 aromatic rings. The molecular formula is C20H21F2N5O2S2. The lowest BCUT2D eigenvalue weighted by atomic mass is 10.3. The molecule has 2 aromatic heterocycles. The molecular weight excluding hydrogens is 444 g/mol. The highest BCUT2D eigenvalue weighted by molar-refractivity contribution is 7.99. The fraction of sp³-hybridized carbons (Fsp3) is 0.300. The Bertz CT molecular complexity index is 1170. The summed E-state index contributed by atoms with van der Waals surface area (Å²) in [4.78, 5) is 36.2. The first-order valence-corrected chi connectivity index (χ1v) is 11.3. The van der Waals surface area contributed by atoms with Crippen LogP contribution in [0.4, 0.5) is 19.6 Å². The maximum atomic E-state index is 13.7. The molecule has 0 radical (unpaired) electrons. The molecule has 0 aliphatic heterocycles. The molecule has 0 spiro atoms. The number of allylic oxidation sites excluding steroid dienone is 1. The molecule has 2 heterocycles. The fourth-order valence-electron chi connectivity index (χ4n) is 2.82. The molecule has 11 heteroatoms. The number of thioether (sulfide) groups is 1. The van der Waals surface area contributed by atoms with E-state index in [1.807, 2.05) is 18.7 Å². The molecule has 7 nitrogen and oxygen atoms in total. The Kier molecular flexibility index (Phi) is 7.39. The van der Waals surface area contributed by atoms with Crippen LogP contribution in [0.2, 0.25) is 0 Å². The number of halogens is 2. The van der Waals surface area contributed by atoms with E-state index in [1.165, 1.54) is 15.9 Å². The summed E-state index contributed by atoms with van der Waals surface area (Å²) < 4.78 is 28.9. The van der Waals surface area contributed by atoms with E-state index in [0.717, 1.165) is 43.1 Å². The Hall–Kier alpha value is -2.79. The second kappa shape index (κ2) is 10.0. The Balaban J connectivity index is 1.87. The molecule has 164 valence electrons. The third-order valence-electron chi connectivity index (χ3n) is 4.35. The van der Waals surface area contributed by atoms with Gasteiger partial charge in [-0.3, -0.25) is 14.2 Å². The Morgan fingerprint density at radius 1 is 1.32 bits per heavy atom. The number of nitrogens with one attached hydrogen (secondary N) is 1. The number of hydrogen-bond donors (Lipinski definition) is 1. The van der Waals surface area contributed by atoms with Crippen molar-refractivity contribution in [1.29, 1.82) is 0 Å². The molecule has 0 saturated heterocycles. The molecule has 1 aromatic carbocycles. The number of carbonyl (C=O) groups excluding carboxylic acids is 1. The minimum Gasteiger partial charge on any atom is -0.349 e. The first-order chi connectivity index (χ1) is 14.9. The normalized spacial score (nSPS) is 11.0. The molecule has 0 aliphatic rings. The fourth-order valence-corrected chi connectivity index (χ4v) is 4.69. The van der Waals surface area contributed by atoms with Crippen LogP contribution in [-0.4, -0.2) is 39.3 Å². The Morgan fingerprint density at radius 3 is 2.74 bits per heavy atom. The van der Waals surface area contributed by atoms with Crippen molar-refractivity contribution in [1.82, 2.24) is 14.5 Å². The van der Waals surface area contributed by atoms with Gasteiger partial charge in [-0.05, 0) is 26.0 Å². The van der Waals surface area contributed by atoms with E-state index in [4.69, 9.17) is 0 Å². The minimum absolute atomic E-state index is 0.155. The zero-order valence-electron chi connectivity index (χ0n) is 17.0. The van der Waals surface area contributed by atoms with Gasteiger partial charge in [0, 0.05) is 25.7 Å². The maximum Gasteiger partial charge on any atom is 0.274 e. The smallest absolute Gasteiger partial charge is 0.274 e. The standard InChI is InChI=1S/C20H21F2N5O2S2/c1-4-9-27-18(29)16-17(24-19(31-16)26(5-2)6-3)25-20(27)30-11-15(28)23-14-10-12(21)7-8-13(14)22/h4,7-8,10H,1,5-6,9,11H2,2-3H3,(H,23,28). The van der Waals surface area contributed by atoms with E-state index in [1.54, 1.807) is 6.08 Å². The van der Waals surface area contributed by atoms with Crippen molar-refractivity contribution in [2.45, 2.75) is 25.5 Å². The van der Waals surface area contributed by atoms with E-state index in [0.29, 0.717) is 20.6 Å². The summed E-state index contributed by atoms with van der Waals surface area (Å²) in [6.07, 6.45) is 1.56. The summed E-state index contributed by atoms with van der Waals surface area (Å²) in [6, 6.07) is 2.80. The Morgan fingerprint density at radius 2 is 2.06 bits per heavy atom. The number of carbonyl (C=O) groups is 1. The van der Waals surface area contributed by atoms with Gasteiger partial charge in [-0.15, -0.1) is 6.58 Å². The average Bonchev–Trinajstić information content (AvgIpc) is 3.16. The van der Waals surface area contributed by atoms with E-state index in [9.17, 15) is 18.4 Å². The zero-order chi connectivity index (χ0) is 22.5. The lowest BCUT2D eigenvalue weighted by Gasteiger charge is -2.15. The van der Waals surface area contributed by atoms with Crippen molar-refractivity contribution in [3.63, 3.8) is 0 Å². The third kappa shape index (κ3) is 5.10. The van der Waals surface area contributed by atoms with Gasteiger partial charge in [-0.1, -0.05) is 29.2 Å². The topological polar surface area (TPSA) is 80.1 Å². The molecule has 0 bridgehead atoms. The van der Waals surface area contributed by atoms with Crippen LogP contribution < -0.4 is 15.8 Å². The van der Waals surface area contributed by atoms with Crippen LogP contribution in [0.1, 0.15) is 13.8 Å². The van der Waals surface area contributed by atoms with Gasteiger partial charge in [0.25, 0.3) is 5.56 Å². The number of rotatable bonds is 9. The van der Waals surface area contributed by atoms with Crippen molar-refractivity contribution in [2.24, 2.45) is 0 Å². The molecule has 0 fully saturated rings. The molecule has 1 N–H and O–H groups in total. The number of fused-ring (bicyclic) bond motifs is 1. The highest BCUT2D eigenvalue weighted by Crippen LogP contribution is 2.27. The zero-order valence-corrected chi connectivity index (χ0v) is 18.7. The summed E-state index contributed by atoms with van der Waals surface area (Å²) in [7, 11) is 0. The number of nitrogens with zero attached hydrogens (tertiary/aromatic N) is 4. The molecule has 31 heavy (non-hydrogen) atoms. The van der Waals surface area contributed by atoms with Gasteiger partial charge < -0.3 is 10.2 Å². The van der Waals surface area contributed by atoms with Gasteiger partial charge in [0.05, 0.1) is 11.4 Å². The van der Waals surface area contributed by atoms with E-state index in [2.05, 4.69) is 21.9 Å². The van der Waals surface area contributed by atoms with Crippen LogP contribution in [0.5, 0.6) is 0 Å². The monoisotopic (exact) mass is 465 g/mol. The van der Waals surface area contributed by atoms with E-state index < -0.39 is 17.5 Å². The van der Waals surface area contributed by atoms with Gasteiger partial charge in [0.15, 0.2) is 15.9 Å². The second-order valence-corrected chi connectivity index (χ2v) is 8.30. The first-order valence-electron chi connectivity index (χ1n) is 9.52. The summed E-state index contributed by atoms with van der Waals surface area (Å²) in [6.45, 7) is 9.38. The number of hydrogen-bond acceptors (Lipinski definition) is 7. The lowest BCUT2D eigenvalue weighted by Crippen LogP contribution is -2.23. The van der Waals surface area contributed by atoms with Crippen LogP contribution in [0.3, 0.4) is 0 Å². The minimum atomic E-state index is -0.741. The first kappa shape index (κ1) is 22.9. The molecule has 0 atom stereocenters. The lowest BCUT2D eigenvalue weighted by molar-refractivity contribution is -0.113. The van der Waals surface area contributed by atoms with Crippen molar-refractivity contribution in [3.05, 3.63) is 52.8 Å². The predicted octanol–water partition coefficient (Wildman–Crippen LogP) is 3.89. The van der Waals surface area contributed by atoms with Gasteiger partial charge in [0.1, 0.15) is 16.3 Å². The van der Waals surface area contributed by atoms with Crippen LogP contribution in [0.15, 0.2) is 40.8 Å². The predicted molar refractivity (Wildman–Crippen MR) is 121 cm³/mol. The van der Waals surface area contributed by atoms with Crippen molar-refractivity contribution in [3.8, 4) is 0 Å². The number of thiazole rings is 1. The summed E-state index contributed by atoms with van der Waals surface area (Å²) in [5.41, 5.74) is -0.197. The number of anilines is 2. The number of aromatic nitrogens is 3. The third-order valence-corrected chi connectivity index (χ3v) is 6.42. The highest BCUT2D eigenvalue weighted by atomic mass is 32.2. The molecule has 1 amide bonds. The van der Waals surface area contributed by atoms with E-state index >= 15 is 0 Å². The molecule has 3 rings (SSSR count). The van der Waals surface area contributed by atoms with Gasteiger partial charge >= 0.3 is 0 Å². The van der Waals surface area contributed by atoms with Crippen LogP contribution in [0.25, 0.3) is 10.3 Å². The molecule has 0 saturated carbocycles. The number of amides is 1. The van der Waals surface area contributed by atoms with Gasteiger partial charge in [-0.2, -0.15) is 4.98 Å². The average molecular weight is 466 g/mol. The SMILES string of the molecule is C=CCn1c(SCC(=O)Nc2cc(F)ccc2F)nc2nc(N(CC)CC)sc2c1=O. The van der Waals surface area contributed by atoms with E-state index in [-0.39, 0.29) is 23.5 Å². The maximum absolute atomic E-state index is 13.7. The quantitative estimate of drug-likeness (QED) is 0.293. The second-order valence-electron chi connectivity index (χ2n) is 6.38. The summed E-state index contributed by atoms with van der Waals surface area (Å²) >= 11 is 2.29. The summed E-state index contributed by atoms with van der Waals surface area (Å²) in [5, 5.41) is 3.33. The van der Waals surface area contributed by atoms with Crippen LogP contribution >= 0.6 is 23.1 Å². The summed E-state index contributed by atoms with van der Waals surface area (Å²) in [5.74, 6) is -2.12. The van der Waals surface area contributed by atoms with Crippen LogP contribution in [0, 0.1) is 11.6 Å². The van der Waals surface area contributed by atoms with Gasteiger partial charge in [-0.25, -0.2) is 13.8 Å². The molecule has 0 unspecified atom stereocenters. The van der Waals surface area contributed by atoms with Crippen molar-refractivity contribution >= 4 is 50.2 Å².